The molecule has 0 aromatic rings. The number of hydrogen-bond donors (Lipinski definition) is 1. The van der Waals surface area contributed by atoms with Gasteiger partial charge in [-0.05, 0) is 0 Å². The number of nitrogens with zero attached hydrogens (tertiary/aromatic N) is 1. The van der Waals surface area contributed by atoms with Gasteiger partial charge in [0, 0.05) is 0 Å². The van der Waals surface area contributed by atoms with Gasteiger partial charge in [-0.2, -0.15) is 0 Å². The Labute approximate surface area is 71.8 Å². The van der Waals surface area contributed by atoms with E-state index in [1.807, 2.05) is 0 Å². The third-order valence-corrected chi connectivity index (χ3v) is 3.28. The minimum absolute atomic E-state index is 0.192. The summed E-state index contributed by atoms with van der Waals surface area (Å²) in [6.07, 6.45) is 0.837. The van der Waals surface area contributed by atoms with Crippen molar-refractivity contribution >= 4 is 0 Å². The summed E-state index contributed by atoms with van der Waals surface area (Å²) in [7, 11) is 0. The first-order valence-corrected chi connectivity index (χ1v) is 4.65. The lowest BCUT2D eigenvalue weighted by atomic mass is 10.2. The highest BCUT2D eigenvalue weighted by atomic mass is 16.8. The lowest BCUT2D eigenvalue weighted by Gasteiger charge is -2.19. The van der Waals surface area contributed by atoms with E-state index in [2.05, 4.69) is 0 Å². The Balaban J connectivity index is 1.77. The lowest BCUT2D eigenvalue weighted by molar-refractivity contribution is -0.791. The van der Waals surface area contributed by atoms with Crippen LogP contribution in [-0.2, 0) is 9.47 Å². The molecule has 2 N–H and O–H groups in total. The summed E-state index contributed by atoms with van der Waals surface area (Å²) in [6.45, 7) is 5.43. The van der Waals surface area contributed by atoms with Crippen molar-refractivity contribution in [2.24, 2.45) is 5.73 Å². The molecule has 3 fully saturated rings. The van der Waals surface area contributed by atoms with Crippen LogP contribution in [0.1, 0.15) is 6.42 Å². The monoisotopic (exact) mass is 171 g/mol. The van der Waals surface area contributed by atoms with E-state index in [-0.39, 0.29) is 12.0 Å². The van der Waals surface area contributed by atoms with Crippen LogP contribution in [0, 0.1) is 0 Å². The Bertz CT molecular complexity index is 217. The first-order chi connectivity index (χ1) is 5.72. The van der Waals surface area contributed by atoms with Crippen LogP contribution in [0.2, 0.25) is 0 Å². The molecule has 4 heteroatoms. The quantitative estimate of drug-likeness (QED) is 0.385. The third kappa shape index (κ3) is 0.925. The molecule has 2 atom stereocenters. The SMILES string of the molecule is NC1COC2(CC[N+]3(CC3)C2)O1. The third-order valence-electron chi connectivity index (χ3n) is 3.28. The fourth-order valence-electron chi connectivity index (χ4n) is 2.39. The molecular weight excluding hydrogens is 156 g/mol. The van der Waals surface area contributed by atoms with E-state index < -0.39 is 0 Å². The molecule has 4 nitrogen and oxygen atoms in total. The molecular formula is C8H15N2O2+. The molecule has 0 aromatic carbocycles. The fourth-order valence-corrected chi connectivity index (χ4v) is 2.39. The zero-order valence-corrected chi connectivity index (χ0v) is 7.16. The van der Waals surface area contributed by atoms with Crippen molar-refractivity contribution in [1.29, 1.82) is 0 Å². The van der Waals surface area contributed by atoms with Gasteiger partial charge in [0.25, 0.3) is 0 Å². The van der Waals surface area contributed by atoms with Crippen LogP contribution >= 0.6 is 0 Å². The van der Waals surface area contributed by atoms with Crippen LogP contribution in [0.4, 0.5) is 0 Å². The second-order valence-electron chi connectivity index (χ2n) is 4.30. The standard InChI is InChI=1S/C8H15N2O2/c9-7-5-11-8(12-7)1-2-10(6-8)3-4-10/h7H,1-6,9H2/q+1. The molecule has 0 aromatic heterocycles. The molecule has 3 aliphatic rings. The van der Waals surface area contributed by atoms with Gasteiger partial charge in [-0.1, -0.05) is 0 Å². The molecule has 3 aliphatic heterocycles. The predicted octanol–water partition coefficient (Wildman–Crippen LogP) is -0.752. The average Bonchev–Trinajstić information content (AvgIpc) is 2.53. The molecule has 12 heavy (non-hydrogen) atoms. The average molecular weight is 171 g/mol. The summed E-state index contributed by atoms with van der Waals surface area (Å²) in [5, 5.41) is 0. The molecule has 0 radical (unpaired) electrons. The topological polar surface area (TPSA) is 44.5 Å². The first kappa shape index (κ1) is 7.26. The highest BCUT2D eigenvalue weighted by molar-refractivity contribution is 4.85. The van der Waals surface area contributed by atoms with Crippen LogP contribution in [0.15, 0.2) is 0 Å². The summed E-state index contributed by atoms with van der Waals surface area (Å²) < 4.78 is 12.5. The van der Waals surface area contributed by atoms with E-state index in [0.717, 1.165) is 13.0 Å². The number of rotatable bonds is 0. The molecule has 0 amide bonds. The van der Waals surface area contributed by atoms with Crippen LogP contribution in [0.5, 0.6) is 0 Å². The normalized spacial score (nSPS) is 49.2. The smallest absolute Gasteiger partial charge is 0.225 e. The van der Waals surface area contributed by atoms with E-state index in [0.29, 0.717) is 6.61 Å². The van der Waals surface area contributed by atoms with Crippen molar-refractivity contribution < 1.29 is 14.0 Å². The number of nitrogens with two attached hydrogens (primary N) is 1. The second-order valence-corrected chi connectivity index (χ2v) is 4.30. The Hall–Kier alpha value is -0.160. The van der Waals surface area contributed by atoms with E-state index in [1.165, 1.54) is 24.1 Å². The van der Waals surface area contributed by atoms with Gasteiger partial charge in [-0.25, -0.2) is 0 Å². The minimum Gasteiger partial charge on any atom is -0.341 e. The molecule has 0 bridgehead atoms. The summed E-state index contributed by atoms with van der Waals surface area (Å²) in [5.41, 5.74) is 5.64. The highest BCUT2D eigenvalue weighted by Gasteiger charge is 2.59. The molecule has 0 aliphatic carbocycles. The van der Waals surface area contributed by atoms with Crippen molar-refractivity contribution in [3.05, 3.63) is 0 Å². The molecule has 0 saturated carbocycles. The van der Waals surface area contributed by atoms with E-state index in [1.54, 1.807) is 0 Å². The van der Waals surface area contributed by atoms with E-state index in [4.69, 9.17) is 15.2 Å². The van der Waals surface area contributed by atoms with Gasteiger partial charge < -0.3 is 19.7 Å². The molecule has 68 valence electrons. The van der Waals surface area contributed by atoms with Crippen molar-refractivity contribution in [1.82, 2.24) is 0 Å². The zero-order valence-electron chi connectivity index (χ0n) is 7.16. The summed E-state index contributed by atoms with van der Waals surface area (Å²) >= 11 is 0. The van der Waals surface area contributed by atoms with Crippen molar-refractivity contribution in [2.45, 2.75) is 18.4 Å². The largest absolute Gasteiger partial charge is 0.341 e. The van der Waals surface area contributed by atoms with Crippen molar-refractivity contribution in [3.8, 4) is 0 Å². The van der Waals surface area contributed by atoms with Gasteiger partial charge in [0.05, 0.1) is 19.6 Å². The van der Waals surface area contributed by atoms with E-state index >= 15 is 0 Å². The second kappa shape index (κ2) is 2.01. The van der Waals surface area contributed by atoms with Gasteiger partial charge in [0.2, 0.25) is 5.79 Å². The predicted molar refractivity (Wildman–Crippen MR) is 42.1 cm³/mol. The Morgan fingerprint density at radius 3 is 2.67 bits per heavy atom. The molecule has 3 rings (SSSR count). The van der Waals surface area contributed by atoms with Gasteiger partial charge >= 0.3 is 0 Å². The van der Waals surface area contributed by atoms with Gasteiger partial charge in [-0.15, -0.1) is 0 Å². The van der Waals surface area contributed by atoms with Crippen molar-refractivity contribution in [3.63, 3.8) is 0 Å². The van der Waals surface area contributed by atoms with Gasteiger partial charge in [0.15, 0.2) is 0 Å². The maximum absolute atomic E-state index is 5.64. The summed E-state index contributed by atoms with van der Waals surface area (Å²) in [5.74, 6) is -0.296. The Morgan fingerprint density at radius 2 is 2.17 bits per heavy atom. The number of quaternary nitrogens is 1. The molecule has 2 spiro atoms. The van der Waals surface area contributed by atoms with Crippen LogP contribution in [-0.4, -0.2) is 49.3 Å². The fraction of sp³-hybridized carbons (Fsp3) is 1.00. The Kier molecular flexibility index (Phi) is 1.22. The van der Waals surface area contributed by atoms with Crippen LogP contribution in [0.25, 0.3) is 0 Å². The molecule has 3 saturated heterocycles. The van der Waals surface area contributed by atoms with Crippen LogP contribution < -0.4 is 5.73 Å². The highest BCUT2D eigenvalue weighted by Crippen LogP contribution is 2.40. The maximum atomic E-state index is 5.64. The molecule has 3 heterocycles. The minimum atomic E-state index is -0.296. The number of hydrogen-bond acceptors (Lipinski definition) is 3. The zero-order chi connectivity index (χ0) is 8.23. The summed E-state index contributed by atoms with van der Waals surface area (Å²) in [6, 6.07) is 0. The van der Waals surface area contributed by atoms with Crippen molar-refractivity contribution in [2.75, 3.05) is 32.8 Å². The summed E-state index contributed by atoms with van der Waals surface area (Å²) in [4.78, 5) is 0. The molecule has 2 unspecified atom stereocenters. The first-order valence-electron chi connectivity index (χ1n) is 4.65. The lowest BCUT2D eigenvalue weighted by Crippen LogP contribution is -2.37. The number of ether oxygens (including phenoxy) is 2. The Morgan fingerprint density at radius 1 is 1.33 bits per heavy atom. The van der Waals surface area contributed by atoms with Gasteiger partial charge in [-0.3, -0.25) is 0 Å². The van der Waals surface area contributed by atoms with E-state index in [9.17, 15) is 0 Å². The maximum Gasteiger partial charge on any atom is 0.225 e. The van der Waals surface area contributed by atoms with Crippen LogP contribution in [0.3, 0.4) is 0 Å². The van der Waals surface area contributed by atoms with Gasteiger partial charge in [0.1, 0.15) is 25.9 Å².